The Labute approximate surface area is 129 Å². The molecule has 0 aliphatic carbocycles. The van der Waals surface area contributed by atoms with E-state index in [-0.39, 0.29) is 24.4 Å². The van der Waals surface area contributed by atoms with E-state index < -0.39 is 0 Å². The van der Waals surface area contributed by atoms with Gasteiger partial charge in [-0.25, -0.2) is 0 Å². The van der Waals surface area contributed by atoms with Crippen LogP contribution in [0.15, 0.2) is 24.3 Å². The second-order valence-electron chi connectivity index (χ2n) is 4.89. The highest BCUT2D eigenvalue weighted by atomic mass is 35.5. The standard InChI is InChI=1S/C14H18N2O2S.ClH/c17-14(12-8-19-9-16-12)15-7-10-5-6-18-13-4-2-1-3-11(10)13;/h1-4,10,12,16H,5-9H2,(H,15,17);1H. The molecule has 3 rings (SSSR count). The summed E-state index contributed by atoms with van der Waals surface area (Å²) in [5.74, 6) is 3.19. The van der Waals surface area contributed by atoms with Crippen LogP contribution in [0.2, 0.25) is 0 Å². The third-order valence-electron chi connectivity index (χ3n) is 3.64. The van der Waals surface area contributed by atoms with Crippen molar-refractivity contribution in [3.8, 4) is 5.75 Å². The predicted molar refractivity (Wildman–Crippen MR) is 83.8 cm³/mol. The molecule has 1 fully saturated rings. The molecule has 2 unspecified atom stereocenters. The lowest BCUT2D eigenvalue weighted by Crippen LogP contribution is -2.43. The topological polar surface area (TPSA) is 50.4 Å². The fourth-order valence-corrected chi connectivity index (χ4v) is 3.48. The number of halogens is 1. The van der Waals surface area contributed by atoms with Gasteiger partial charge >= 0.3 is 0 Å². The lowest BCUT2D eigenvalue weighted by atomic mass is 9.93. The smallest absolute Gasteiger partial charge is 0.238 e. The summed E-state index contributed by atoms with van der Waals surface area (Å²) < 4.78 is 5.63. The predicted octanol–water partition coefficient (Wildman–Crippen LogP) is 1.75. The number of benzene rings is 1. The molecule has 20 heavy (non-hydrogen) atoms. The van der Waals surface area contributed by atoms with Crippen LogP contribution >= 0.6 is 24.2 Å². The number of para-hydroxylation sites is 1. The summed E-state index contributed by atoms with van der Waals surface area (Å²) in [5.41, 5.74) is 1.21. The van der Waals surface area contributed by atoms with Crippen LogP contribution in [0, 0.1) is 0 Å². The number of hydrogen-bond donors (Lipinski definition) is 2. The van der Waals surface area contributed by atoms with Crippen molar-refractivity contribution in [1.82, 2.24) is 10.6 Å². The number of fused-ring (bicyclic) bond motifs is 1. The summed E-state index contributed by atoms with van der Waals surface area (Å²) in [6.07, 6.45) is 0.962. The first-order valence-corrected chi connectivity index (χ1v) is 7.80. The lowest BCUT2D eigenvalue weighted by molar-refractivity contribution is -0.122. The number of nitrogens with one attached hydrogen (secondary N) is 2. The second kappa shape index (κ2) is 7.20. The first-order valence-electron chi connectivity index (χ1n) is 6.65. The SMILES string of the molecule is Cl.O=C(NCC1CCOc2ccccc21)C1CSCN1. The van der Waals surface area contributed by atoms with Crippen molar-refractivity contribution in [2.24, 2.45) is 0 Å². The molecule has 1 amide bonds. The van der Waals surface area contributed by atoms with Crippen LogP contribution in [-0.2, 0) is 4.79 Å². The molecule has 2 atom stereocenters. The van der Waals surface area contributed by atoms with E-state index in [1.165, 1.54) is 5.56 Å². The monoisotopic (exact) mass is 314 g/mol. The number of rotatable bonds is 3. The molecule has 2 aliphatic rings. The molecule has 0 saturated carbocycles. The molecule has 0 bridgehead atoms. The third kappa shape index (κ3) is 3.40. The fourth-order valence-electron chi connectivity index (χ4n) is 2.54. The minimum Gasteiger partial charge on any atom is -0.493 e. The summed E-state index contributed by atoms with van der Waals surface area (Å²) in [6, 6.07) is 8.07. The van der Waals surface area contributed by atoms with Crippen molar-refractivity contribution < 1.29 is 9.53 Å². The van der Waals surface area contributed by atoms with Crippen LogP contribution in [0.25, 0.3) is 0 Å². The van der Waals surface area contributed by atoms with Gasteiger partial charge in [-0.3, -0.25) is 10.1 Å². The molecule has 0 spiro atoms. The fraction of sp³-hybridized carbons (Fsp3) is 0.500. The zero-order valence-electron chi connectivity index (χ0n) is 11.1. The normalized spacial score (nSPS) is 24.2. The van der Waals surface area contributed by atoms with Crippen molar-refractivity contribution in [3.05, 3.63) is 29.8 Å². The van der Waals surface area contributed by atoms with E-state index in [0.29, 0.717) is 12.5 Å². The van der Waals surface area contributed by atoms with Crippen LogP contribution in [0.1, 0.15) is 17.9 Å². The number of hydrogen-bond acceptors (Lipinski definition) is 4. The summed E-state index contributed by atoms with van der Waals surface area (Å²) in [6.45, 7) is 1.43. The van der Waals surface area contributed by atoms with Crippen molar-refractivity contribution in [1.29, 1.82) is 0 Å². The number of carbonyl (C=O) groups is 1. The van der Waals surface area contributed by atoms with Gasteiger partial charge < -0.3 is 10.1 Å². The number of carbonyl (C=O) groups excluding carboxylic acids is 1. The highest BCUT2D eigenvalue weighted by Crippen LogP contribution is 2.32. The van der Waals surface area contributed by atoms with Crippen LogP contribution in [0.3, 0.4) is 0 Å². The summed E-state index contributed by atoms with van der Waals surface area (Å²) >= 11 is 1.77. The van der Waals surface area contributed by atoms with Gasteiger partial charge in [0.25, 0.3) is 0 Å². The van der Waals surface area contributed by atoms with Gasteiger partial charge in [0.15, 0.2) is 0 Å². The Balaban J connectivity index is 0.00000147. The summed E-state index contributed by atoms with van der Waals surface area (Å²) in [4.78, 5) is 12.0. The molecule has 1 aromatic rings. The zero-order chi connectivity index (χ0) is 13.1. The van der Waals surface area contributed by atoms with Crippen LogP contribution in [0.4, 0.5) is 0 Å². The summed E-state index contributed by atoms with van der Waals surface area (Å²) in [7, 11) is 0. The van der Waals surface area contributed by atoms with Gasteiger partial charge in [0, 0.05) is 24.1 Å². The Morgan fingerprint density at radius 3 is 3.10 bits per heavy atom. The van der Waals surface area contributed by atoms with E-state index in [0.717, 1.165) is 30.4 Å². The molecule has 110 valence electrons. The Kier molecular flexibility index (Phi) is 5.57. The molecular weight excluding hydrogens is 296 g/mol. The maximum atomic E-state index is 12.0. The quantitative estimate of drug-likeness (QED) is 0.892. The molecule has 2 aliphatic heterocycles. The number of amides is 1. The molecule has 1 aromatic carbocycles. The minimum absolute atomic E-state index is 0. The number of thioether (sulfide) groups is 1. The molecule has 2 heterocycles. The molecule has 0 radical (unpaired) electrons. The van der Waals surface area contributed by atoms with E-state index in [9.17, 15) is 4.79 Å². The Bertz CT molecular complexity index is 466. The molecule has 4 nitrogen and oxygen atoms in total. The van der Waals surface area contributed by atoms with Gasteiger partial charge in [0.05, 0.1) is 12.6 Å². The molecule has 0 aromatic heterocycles. The van der Waals surface area contributed by atoms with Crippen molar-refractivity contribution >= 4 is 30.1 Å². The van der Waals surface area contributed by atoms with Crippen LogP contribution < -0.4 is 15.4 Å². The molecule has 6 heteroatoms. The van der Waals surface area contributed by atoms with Gasteiger partial charge in [0.2, 0.25) is 5.91 Å². The van der Waals surface area contributed by atoms with Crippen molar-refractivity contribution in [2.45, 2.75) is 18.4 Å². The highest BCUT2D eigenvalue weighted by Gasteiger charge is 2.25. The Morgan fingerprint density at radius 2 is 2.30 bits per heavy atom. The minimum atomic E-state index is -0.0277. The van der Waals surface area contributed by atoms with Crippen molar-refractivity contribution in [3.63, 3.8) is 0 Å². The summed E-state index contributed by atoms with van der Waals surface area (Å²) in [5, 5.41) is 6.25. The van der Waals surface area contributed by atoms with E-state index in [1.54, 1.807) is 11.8 Å². The largest absolute Gasteiger partial charge is 0.493 e. The Hall–Kier alpha value is -0.910. The lowest BCUT2D eigenvalue weighted by Gasteiger charge is -2.26. The van der Waals surface area contributed by atoms with Crippen LogP contribution in [-0.4, -0.2) is 36.7 Å². The van der Waals surface area contributed by atoms with Gasteiger partial charge in [-0.15, -0.1) is 24.2 Å². The van der Waals surface area contributed by atoms with E-state index >= 15 is 0 Å². The van der Waals surface area contributed by atoms with Gasteiger partial charge in [0.1, 0.15) is 5.75 Å². The Morgan fingerprint density at radius 1 is 1.45 bits per heavy atom. The third-order valence-corrected chi connectivity index (χ3v) is 4.58. The maximum absolute atomic E-state index is 12.0. The average Bonchev–Trinajstić information content (AvgIpc) is 2.99. The van der Waals surface area contributed by atoms with Crippen molar-refractivity contribution in [2.75, 3.05) is 24.8 Å². The highest BCUT2D eigenvalue weighted by molar-refractivity contribution is 7.99. The van der Waals surface area contributed by atoms with Gasteiger partial charge in [-0.2, -0.15) is 0 Å². The maximum Gasteiger partial charge on any atom is 0.238 e. The molecule has 1 saturated heterocycles. The number of ether oxygens (including phenoxy) is 1. The van der Waals surface area contributed by atoms with Gasteiger partial charge in [-0.05, 0) is 18.1 Å². The second-order valence-corrected chi connectivity index (χ2v) is 5.92. The van der Waals surface area contributed by atoms with Gasteiger partial charge in [-0.1, -0.05) is 18.2 Å². The molecular formula is C14H19ClN2O2S. The first kappa shape index (κ1) is 15.5. The van der Waals surface area contributed by atoms with E-state index in [1.807, 2.05) is 18.2 Å². The zero-order valence-corrected chi connectivity index (χ0v) is 12.8. The van der Waals surface area contributed by atoms with Crippen LogP contribution in [0.5, 0.6) is 5.75 Å². The first-order chi connectivity index (χ1) is 9.34. The van der Waals surface area contributed by atoms with E-state index in [2.05, 4.69) is 16.7 Å². The van der Waals surface area contributed by atoms with E-state index in [4.69, 9.17) is 4.74 Å². The molecule has 2 N–H and O–H groups in total. The average molecular weight is 315 g/mol.